The first-order chi connectivity index (χ1) is 7.20. The van der Waals surface area contributed by atoms with Crippen molar-refractivity contribution in [1.29, 1.82) is 0 Å². The molecule has 84 valence electrons. The Kier molecular flexibility index (Phi) is 5.05. The number of hydrogen-bond acceptors (Lipinski definition) is 3. The molecule has 0 aliphatic rings. The van der Waals surface area contributed by atoms with E-state index in [9.17, 15) is 0 Å². The second kappa shape index (κ2) is 6.08. The first-order valence-electron chi connectivity index (χ1n) is 5.05. The van der Waals surface area contributed by atoms with Crippen molar-refractivity contribution in [3.63, 3.8) is 0 Å². The van der Waals surface area contributed by atoms with Crippen molar-refractivity contribution >= 4 is 21.6 Å². The molecule has 0 bridgehead atoms. The summed E-state index contributed by atoms with van der Waals surface area (Å²) in [6.45, 7) is 5.97. The van der Waals surface area contributed by atoms with Crippen LogP contribution in [0.15, 0.2) is 22.9 Å². The third kappa shape index (κ3) is 3.18. The van der Waals surface area contributed by atoms with Gasteiger partial charge in [0.25, 0.3) is 0 Å². The van der Waals surface area contributed by atoms with Gasteiger partial charge in [-0.25, -0.2) is 0 Å². The average Bonchev–Trinajstić information content (AvgIpc) is 2.22. The highest BCUT2D eigenvalue weighted by atomic mass is 79.9. The minimum atomic E-state index is 0.360. The molecule has 0 aliphatic heterocycles. The number of anilines is 1. The van der Waals surface area contributed by atoms with Gasteiger partial charge in [-0.15, -0.1) is 0 Å². The van der Waals surface area contributed by atoms with Gasteiger partial charge in [0.15, 0.2) is 0 Å². The highest BCUT2D eigenvalue weighted by Gasteiger charge is 2.14. The Morgan fingerprint density at radius 3 is 2.87 bits per heavy atom. The minimum Gasteiger partial charge on any atom is -0.383 e. The van der Waals surface area contributed by atoms with Gasteiger partial charge in [-0.05, 0) is 35.8 Å². The van der Waals surface area contributed by atoms with Crippen LogP contribution in [0.5, 0.6) is 0 Å². The first kappa shape index (κ1) is 12.5. The molecule has 0 spiro atoms. The van der Waals surface area contributed by atoms with Crippen LogP contribution in [-0.4, -0.2) is 31.3 Å². The SMILES string of the molecule is CCN(c1ccncc1Br)C(C)COC. The fourth-order valence-electron chi connectivity index (χ4n) is 1.65. The average molecular weight is 273 g/mol. The van der Waals surface area contributed by atoms with Crippen molar-refractivity contribution < 1.29 is 4.74 Å². The van der Waals surface area contributed by atoms with Crippen molar-refractivity contribution in [2.45, 2.75) is 19.9 Å². The number of aromatic nitrogens is 1. The van der Waals surface area contributed by atoms with E-state index in [2.05, 4.69) is 39.7 Å². The number of nitrogens with zero attached hydrogens (tertiary/aromatic N) is 2. The predicted octanol–water partition coefficient (Wildman–Crippen LogP) is 2.71. The number of rotatable bonds is 5. The van der Waals surface area contributed by atoms with Gasteiger partial charge in [-0.2, -0.15) is 0 Å². The molecule has 1 atom stereocenters. The Bertz CT molecular complexity index is 306. The largest absolute Gasteiger partial charge is 0.383 e. The van der Waals surface area contributed by atoms with E-state index in [4.69, 9.17) is 4.74 Å². The molecule has 0 aromatic carbocycles. The van der Waals surface area contributed by atoms with Gasteiger partial charge in [0.1, 0.15) is 0 Å². The van der Waals surface area contributed by atoms with E-state index >= 15 is 0 Å². The second-order valence-electron chi connectivity index (χ2n) is 3.42. The summed E-state index contributed by atoms with van der Waals surface area (Å²) in [6, 6.07) is 2.37. The Morgan fingerprint density at radius 1 is 1.60 bits per heavy atom. The molecule has 0 saturated carbocycles. The lowest BCUT2D eigenvalue weighted by Crippen LogP contribution is -2.36. The molecule has 15 heavy (non-hydrogen) atoms. The van der Waals surface area contributed by atoms with E-state index in [0.29, 0.717) is 6.04 Å². The molecule has 1 rings (SSSR count). The molecule has 1 heterocycles. The number of pyridine rings is 1. The fourth-order valence-corrected chi connectivity index (χ4v) is 2.13. The summed E-state index contributed by atoms with van der Waals surface area (Å²) in [5.41, 5.74) is 1.16. The topological polar surface area (TPSA) is 25.4 Å². The van der Waals surface area contributed by atoms with E-state index < -0.39 is 0 Å². The Labute approximate surface area is 99.6 Å². The third-order valence-corrected chi connectivity index (χ3v) is 2.95. The number of ether oxygens (including phenoxy) is 1. The molecule has 0 N–H and O–H groups in total. The Morgan fingerprint density at radius 2 is 2.33 bits per heavy atom. The van der Waals surface area contributed by atoms with Gasteiger partial charge in [0.05, 0.1) is 16.8 Å². The van der Waals surface area contributed by atoms with Crippen molar-refractivity contribution in [1.82, 2.24) is 4.98 Å². The standard InChI is InChI=1S/C11H17BrN2O/c1-4-14(9(2)8-15-3)11-5-6-13-7-10(11)12/h5-7,9H,4,8H2,1-3H3. The Balaban J connectivity index is 2.87. The van der Waals surface area contributed by atoms with Gasteiger partial charge < -0.3 is 9.64 Å². The van der Waals surface area contributed by atoms with E-state index in [0.717, 1.165) is 23.3 Å². The summed E-state index contributed by atoms with van der Waals surface area (Å²) in [6.07, 6.45) is 3.62. The van der Waals surface area contributed by atoms with E-state index in [-0.39, 0.29) is 0 Å². The summed E-state index contributed by atoms with van der Waals surface area (Å²) in [4.78, 5) is 6.35. The van der Waals surface area contributed by atoms with Gasteiger partial charge in [0, 0.05) is 32.1 Å². The summed E-state index contributed by atoms with van der Waals surface area (Å²) < 4.78 is 6.20. The molecule has 0 amide bonds. The lowest BCUT2D eigenvalue weighted by molar-refractivity contribution is 0.182. The van der Waals surface area contributed by atoms with E-state index in [1.807, 2.05) is 18.5 Å². The molecular weight excluding hydrogens is 256 g/mol. The van der Waals surface area contributed by atoms with Crippen molar-refractivity contribution in [3.8, 4) is 0 Å². The molecule has 1 aromatic rings. The molecule has 0 radical (unpaired) electrons. The van der Waals surface area contributed by atoms with Crippen LogP contribution in [0, 0.1) is 0 Å². The fraction of sp³-hybridized carbons (Fsp3) is 0.545. The van der Waals surface area contributed by atoms with Crippen molar-refractivity contribution in [2.24, 2.45) is 0 Å². The first-order valence-corrected chi connectivity index (χ1v) is 5.85. The second-order valence-corrected chi connectivity index (χ2v) is 4.27. The van der Waals surface area contributed by atoms with Gasteiger partial charge in [-0.3, -0.25) is 4.98 Å². The maximum Gasteiger partial charge on any atom is 0.0663 e. The summed E-state index contributed by atoms with van der Waals surface area (Å²) >= 11 is 3.51. The highest BCUT2D eigenvalue weighted by Crippen LogP contribution is 2.26. The van der Waals surface area contributed by atoms with E-state index in [1.54, 1.807) is 7.11 Å². The smallest absolute Gasteiger partial charge is 0.0663 e. The molecule has 3 nitrogen and oxygen atoms in total. The molecule has 0 saturated heterocycles. The van der Waals surface area contributed by atoms with Crippen LogP contribution in [0.25, 0.3) is 0 Å². The monoisotopic (exact) mass is 272 g/mol. The summed E-state index contributed by atoms with van der Waals surface area (Å²) in [7, 11) is 1.73. The minimum absolute atomic E-state index is 0.360. The predicted molar refractivity (Wildman–Crippen MR) is 66.3 cm³/mol. The lowest BCUT2D eigenvalue weighted by atomic mass is 10.2. The van der Waals surface area contributed by atoms with Gasteiger partial charge >= 0.3 is 0 Å². The van der Waals surface area contributed by atoms with Crippen LogP contribution in [0.4, 0.5) is 5.69 Å². The van der Waals surface area contributed by atoms with Gasteiger partial charge in [0.2, 0.25) is 0 Å². The van der Waals surface area contributed by atoms with Crippen LogP contribution in [0.2, 0.25) is 0 Å². The zero-order valence-corrected chi connectivity index (χ0v) is 11.0. The lowest BCUT2D eigenvalue weighted by Gasteiger charge is -2.30. The third-order valence-electron chi connectivity index (χ3n) is 2.34. The zero-order valence-electron chi connectivity index (χ0n) is 9.40. The molecule has 0 fully saturated rings. The highest BCUT2D eigenvalue weighted by molar-refractivity contribution is 9.10. The quantitative estimate of drug-likeness (QED) is 0.824. The molecule has 1 aromatic heterocycles. The van der Waals surface area contributed by atoms with Gasteiger partial charge in [-0.1, -0.05) is 0 Å². The van der Waals surface area contributed by atoms with Crippen LogP contribution in [-0.2, 0) is 4.74 Å². The molecule has 1 unspecified atom stereocenters. The number of likely N-dealkylation sites (N-methyl/N-ethyl adjacent to an activating group) is 1. The Hall–Kier alpha value is -0.610. The number of methoxy groups -OCH3 is 1. The molecular formula is C11H17BrN2O. The molecule has 0 aliphatic carbocycles. The van der Waals surface area contributed by atoms with Crippen molar-refractivity contribution in [2.75, 3.05) is 25.2 Å². The number of hydrogen-bond donors (Lipinski definition) is 0. The van der Waals surface area contributed by atoms with E-state index in [1.165, 1.54) is 0 Å². The maximum absolute atomic E-state index is 5.18. The van der Waals surface area contributed by atoms with Crippen molar-refractivity contribution in [3.05, 3.63) is 22.9 Å². The zero-order chi connectivity index (χ0) is 11.3. The van der Waals surface area contributed by atoms with Crippen LogP contribution in [0.1, 0.15) is 13.8 Å². The van der Waals surface area contributed by atoms with Crippen LogP contribution < -0.4 is 4.90 Å². The maximum atomic E-state index is 5.18. The normalized spacial score (nSPS) is 12.5. The van der Waals surface area contributed by atoms with Crippen LogP contribution in [0.3, 0.4) is 0 Å². The summed E-state index contributed by atoms with van der Waals surface area (Å²) in [5, 5.41) is 0. The number of halogens is 1. The molecule has 4 heteroatoms. The van der Waals surface area contributed by atoms with Crippen LogP contribution >= 0.6 is 15.9 Å². The summed E-state index contributed by atoms with van der Waals surface area (Å²) in [5.74, 6) is 0.